The quantitative estimate of drug-likeness (QED) is 0.553. The van der Waals surface area contributed by atoms with Crippen LogP contribution < -0.4 is 4.90 Å². The fourth-order valence-electron chi connectivity index (χ4n) is 2.60. The number of carbonyl (C=O) groups is 1. The van der Waals surface area contributed by atoms with Gasteiger partial charge in [-0.3, -0.25) is 9.78 Å². The summed E-state index contributed by atoms with van der Waals surface area (Å²) in [5.41, 5.74) is 2.04. The van der Waals surface area contributed by atoms with Gasteiger partial charge in [-0.1, -0.05) is 11.6 Å². The Morgan fingerprint density at radius 1 is 1.11 bits per heavy atom. The van der Waals surface area contributed by atoms with E-state index in [0.29, 0.717) is 22.0 Å². The van der Waals surface area contributed by atoms with E-state index in [4.69, 9.17) is 11.6 Å². The third-order valence-electron chi connectivity index (χ3n) is 4.20. The van der Waals surface area contributed by atoms with Gasteiger partial charge in [-0.25, -0.2) is 18.7 Å². The highest BCUT2D eigenvalue weighted by atomic mass is 35.5. The first-order valence-electron chi connectivity index (χ1n) is 8.40. The van der Waals surface area contributed by atoms with Crippen LogP contribution in [0, 0.1) is 0 Å². The number of rotatable bonds is 6. The van der Waals surface area contributed by atoms with Crippen molar-refractivity contribution < 1.29 is 13.6 Å². The average molecular weight is 403 g/mol. The number of nitrogens with zero attached hydrogens (tertiary/aromatic N) is 4. The van der Waals surface area contributed by atoms with Crippen LogP contribution in [0.1, 0.15) is 28.5 Å². The highest BCUT2D eigenvalue weighted by Gasteiger charge is 2.24. The van der Waals surface area contributed by atoms with Gasteiger partial charge in [0.1, 0.15) is 6.33 Å². The summed E-state index contributed by atoms with van der Waals surface area (Å²) in [6, 6.07) is 7.71. The monoisotopic (exact) mass is 402 g/mol. The fourth-order valence-corrected chi connectivity index (χ4v) is 2.83. The molecule has 8 heteroatoms. The minimum absolute atomic E-state index is 0.0203. The van der Waals surface area contributed by atoms with Crippen molar-refractivity contribution in [3.63, 3.8) is 0 Å². The maximum absolute atomic E-state index is 13.3. The number of Topliss-reactive ketones (excluding diaryl/α,β-unsaturated/α-hetero) is 1. The Labute approximate surface area is 166 Å². The topological polar surface area (TPSA) is 59.0 Å². The summed E-state index contributed by atoms with van der Waals surface area (Å²) in [6.07, 6.45) is 5.79. The van der Waals surface area contributed by atoms with Gasteiger partial charge >= 0.3 is 0 Å². The van der Waals surface area contributed by atoms with Crippen LogP contribution in [0.15, 0.2) is 55.2 Å². The zero-order valence-electron chi connectivity index (χ0n) is 15.2. The lowest BCUT2D eigenvalue weighted by atomic mass is 10.0. The molecule has 2 aromatic heterocycles. The van der Waals surface area contributed by atoms with Gasteiger partial charge in [0.2, 0.25) is 0 Å². The molecule has 0 N–H and O–H groups in total. The summed E-state index contributed by atoms with van der Waals surface area (Å²) < 4.78 is 26.6. The standard InChI is InChI=1S/C20H17ClF2N4O/c1-20(22,23)14-3-4-16(26-9-14)8-19(28)13-5-15(21)7-17(6-13)27(2)18-10-24-12-25-11-18/h3-7,9-12H,8H2,1-2H3. The van der Waals surface area contributed by atoms with Crippen molar-refractivity contribution in [3.05, 3.63) is 77.1 Å². The molecular weight excluding hydrogens is 386 g/mol. The molecular formula is C20H17ClF2N4O. The summed E-state index contributed by atoms with van der Waals surface area (Å²) in [4.78, 5) is 26.4. The molecule has 28 heavy (non-hydrogen) atoms. The SMILES string of the molecule is CN(c1cncnc1)c1cc(Cl)cc(C(=O)Cc2ccc(C(C)(F)F)cn2)c1. The lowest BCUT2D eigenvalue weighted by molar-refractivity contribution is 0.0171. The van der Waals surface area contributed by atoms with Crippen molar-refractivity contribution >= 4 is 28.8 Å². The van der Waals surface area contributed by atoms with E-state index in [1.807, 2.05) is 7.05 Å². The van der Waals surface area contributed by atoms with Crippen LogP contribution >= 0.6 is 11.6 Å². The van der Waals surface area contributed by atoms with Crippen LogP contribution in [-0.2, 0) is 12.3 Å². The first-order valence-corrected chi connectivity index (χ1v) is 8.77. The van der Waals surface area contributed by atoms with Crippen molar-refractivity contribution in [1.82, 2.24) is 15.0 Å². The van der Waals surface area contributed by atoms with E-state index in [0.717, 1.165) is 18.8 Å². The zero-order valence-corrected chi connectivity index (χ0v) is 16.0. The van der Waals surface area contributed by atoms with Gasteiger partial charge in [-0.2, -0.15) is 0 Å². The molecule has 0 aliphatic carbocycles. The van der Waals surface area contributed by atoms with E-state index >= 15 is 0 Å². The minimum Gasteiger partial charge on any atom is -0.342 e. The smallest absolute Gasteiger partial charge is 0.272 e. The van der Waals surface area contributed by atoms with Crippen molar-refractivity contribution in [2.24, 2.45) is 0 Å². The molecule has 5 nitrogen and oxygen atoms in total. The number of pyridine rings is 1. The average Bonchev–Trinajstić information content (AvgIpc) is 2.67. The number of benzene rings is 1. The van der Waals surface area contributed by atoms with Crippen molar-refractivity contribution in [2.45, 2.75) is 19.3 Å². The molecule has 0 unspecified atom stereocenters. The number of hydrogen-bond donors (Lipinski definition) is 0. The molecule has 0 atom stereocenters. The van der Waals surface area contributed by atoms with E-state index < -0.39 is 5.92 Å². The maximum Gasteiger partial charge on any atom is 0.272 e. The van der Waals surface area contributed by atoms with Gasteiger partial charge in [0.05, 0.1) is 24.5 Å². The molecule has 0 radical (unpaired) electrons. The summed E-state index contributed by atoms with van der Waals surface area (Å²) in [6.45, 7) is 0.802. The number of anilines is 2. The molecule has 144 valence electrons. The summed E-state index contributed by atoms with van der Waals surface area (Å²) >= 11 is 6.19. The lowest BCUT2D eigenvalue weighted by Gasteiger charge is -2.19. The van der Waals surface area contributed by atoms with Crippen molar-refractivity contribution in [3.8, 4) is 0 Å². The summed E-state index contributed by atoms with van der Waals surface area (Å²) in [5.74, 6) is -3.19. The zero-order chi connectivity index (χ0) is 20.3. The van der Waals surface area contributed by atoms with Gasteiger partial charge < -0.3 is 4.90 Å². The number of ketones is 1. The van der Waals surface area contributed by atoms with Crippen LogP contribution in [0.5, 0.6) is 0 Å². The molecule has 0 aliphatic heterocycles. The van der Waals surface area contributed by atoms with E-state index in [-0.39, 0.29) is 17.8 Å². The molecule has 0 saturated heterocycles. The van der Waals surface area contributed by atoms with Gasteiger partial charge in [-0.15, -0.1) is 0 Å². The van der Waals surface area contributed by atoms with Gasteiger partial charge in [0.25, 0.3) is 5.92 Å². The second-order valence-corrected chi connectivity index (χ2v) is 6.82. The van der Waals surface area contributed by atoms with Crippen LogP contribution in [-0.4, -0.2) is 27.8 Å². The molecule has 3 aromatic rings. The predicted molar refractivity (Wildman–Crippen MR) is 103 cm³/mol. The van der Waals surface area contributed by atoms with Crippen LogP contribution in [0.3, 0.4) is 0 Å². The van der Waals surface area contributed by atoms with Gasteiger partial charge in [-0.05, 0) is 30.3 Å². The van der Waals surface area contributed by atoms with E-state index in [9.17, 15) is 13.6 Å². The summed E-state index contributed by atoms with van der Waals surface area (Å²) in [7, 11) is 1.81. The second kappa shape index (κ2) is 7.98. The van der Waals surface area contributed by atoms with Crippen molar-refractivity contribution in [2.75, 3.05) is 11.9 Å². The summed E-state index contributed by atoms with van der Waals surface area (Å²) in [5, 5.41) is 0.401. The highest BCUT2D eigenvalue weighted by molar-refractivity contribution is 6.31. The molecule has 0 saturated carbocycles. The Kier molecular flexibility index (Phi) is 5.65. The second-order valence-electron chi connectivity index (χ2n) is 6.38. The van der Waals surface area contributed by atoms with Crippen LogP contribution in [0.4, 0.5) is 20.2 Å². The predicted octanol–water partition coefficient (Wildman–Crippen LogP) is 4.83. The first-order chi connectivity index (χ1) is 13.2. The molecule has 0 bridgehead atoms. The molecule has 0 aliphatic rings. The van der Waals surface area contributed by atoms with E-state index in [1.165, 1.54) is 18.5 Å². The largest absolute Gasteiger partial charge is 0.342 e. The van der Waals surface area contributed by atoms with E-state index in [1.54, 1.807) is 35.5 Å². The molecule has 0 spiro atoms. The fraction of sp³-hybridized carbons (Fsp3) is 0.200. The molecule has 3 rings (SSSR count). The normalized spacial score (nSPS) is 11.3. The lowest BCUT2D eigenvalue weighted by Crippen LogP contribution is -2.12. The number of aromatic nitrogens is 3. The molecule has 2 heterocycles. The maximum atomic E-state index is 13.3. The Morgan fingerprint density at radius 3 is 2.43 bits per heavy atom. The first kappa shape index (κ1) is 19.8. The third-order valence-corrected chi connectivity index (χ3v) is 4.42. The molecule has 1 aromatic carbocycles. The Bertz CT molecular complexity index is 976. The number of hydrogen-bond acceptors (Lipinski definition) is 5. The Morgan fingerprint density at radius 2 is 1.82 bits per heavy atom. The highest BCUT2D eigenvalue weighted by Crippen LogP contribution is 2.28. The van der Waals surface area contributed by atoms with E-state index in [2.05, 4.69) is 15.0 Å². The Hall–Kier alpha value is -2.93. The van der Waals surface area contributed by atoms with Gasteiger partial charge in [0.15, 0.2) is 5.78 Å². The van der Waals surface area contributed by atoms with Crippen LogP contribution in [0.2, 0.25) is 5.02 Å². The molecule has 0 amide bonds. The van der Waals surface area contributed by atoms with Crippen molar-refractivity contribution in [1.29, 1.82) is 0 Å². The Balaban J connectivity index is 1.81. The molecule has 0 fully saturated rings. The number of alkyl halides is 2. The van der Waals surface area contributed by atoms with Gasteiger partial charge in [0, 0.05) is 47.7 Å². The number of halogens is 3. The minimum atomic E-state index is -2.97. The third kappa shape index (κ3) is 4.67. The van der Waals surface area contributed by atoms with Crippen LogP contribution in [0.25, 0.3) is 0 Å². The number of carbonyl (C=O) groups excluding carboxylic acids is 1.